The quantitative estimate of drug-likeness (QED) is 0.587. The number of aromatic amines is 1. The maximum Gasteiger partial charge on any atom is 0.167 e. The number of thiazole rings is 1. The van der Waals surface area contributed by atoms with Crippen LogP contribution in [0.5, 0.6) is 0 Å². The molecule has 1 radical (unpaired) electrons. The van der Waals surface area contributed by atoms with Crippen molar-refractivity contribution in [2.45, 2.75) is 0 Å². The Hall–Kier alpha value is -1.01. The summed E-state index contributed by atoms with van der Waals surface area (Å²) >= 11 is 6.21. The van der Waals surface area contributed by atoms with Gasteiger partial charge in [-0.25, -0.2) is 10.3 Å². The highest BCUT2D eigenvalue weighted by molar-refractivity contribution is 7.73. The predicted molar refractivity (Wildman–Crippen MR) is 46.6 cm³/mol. The van der Waals surface area contributed by atoms with Gasteiger partial charge in [-0.05, 0) is 12.2 Å². The second-order valence-corrected chi connectivity index (χ2v) is 3.60. The average molecular weight is 183 g/mol. The average Bonchev–Trinajstić information content (AvgIpc) is 2.31. The molecule has 2 N–H and O–H groups in total. The predicted octanol–water partition coefficient (Wildman–Crippen LogP) is 1.41. The Morgan fingerprint density at radius 2 is 2.45 bits per heavy atom. The molecule has 6 heteroatoms. The zero-order chi connectivity index (χ0) is 7.84. The van der Waals surface area contributed by atoms with Crippen molar-refractivity contribution < 1.29 is 0 Å². The van der Waals surface area contributed by atoms with Crippen LogP contribution < -0.4 is 5.32 Å². The minimum atomic E-state index is 0.229. The molecule has 0 fully saturated rings. The lowest BCUT2D eigenvalue weighted by atomic mass is 10.4. The Morgan fingerprint density at radius 3 is 3.18 bits per heavy atom. The fraction of sp³-hybridized carbons (Fsp3) is 0. The number of aromatic nitrogens is 1. The second-order valence-electron chi connectivity index (χ2n) is 1.91. The van der Waals surface area contributed by atoms with Crippen LogP contribution in [0.15, 0.2) is 4.99 Å². The van der Waals surface area contributed by atoms with Gasteiger partial charge >= 0.3 is 0 Å². The molecule has 0 unspecified atom stereocenters. The summed E-state index contributed by atoms with van der Waals surface area (Å²) in [6.07, 6.45) is 1.35. The van der Waals surface area contributed by atoms with Crippen LogP contribution in [-0.4, -0.2) is 17.2 Å². The first-order valence-electron chi connectivity index (χ1n) is 2.83. The van der Waals surface area contributed by atoms with E-state index in [1.807, 2.05) is 0 Å². The third-order valence-electron chi connectivity index (χ3n) is 1.22. The van der Waals surface area contributed by atoms with Crippen LogP contribution in [0.2, 0.25) is 0 Å². The van der Waals surface area contributed by atoms with Crippen LogP contribution in [0.4, 0.5) is 5.82 Å². The molecule has 0 atom stereocenters. The summed E-state index contributed by atoms with van der Waals surface area (Å²) in [5.41, 5.74) is 0. The lowest BCUT2D eigenvalue weighted by molar-refractivity contribution is 1.22. The largest absolute Gasteiger partial charge is 0.321 e. The minimum absolute atomic E-state index is 0.229. The van der Waals surface area contributed by atoms with Gasteiger partial charge in [0, 0.05) is 0 Å². The van der Waals surface area contributed by atoms with Crippen molar-refractivity contribution in [2.75, 3.05) is 0 Å². The fourth-order valence-corrected chi connectivity index (χ4v) is 1.80. The maximum absolute atomic E-state index is 7.37. The van der Waals surface area contributed by atoms with Crippen LogP contribution >= 0.6 is 23.6 Å². The summed E-state index contributed by atoms with van der Waals surface area (Å²) in [5.74, 6) is 0.882. The van der Waals surface area contributed by atoms with Gasteiger partial charge in [0.15, 0.2) is 15.6 Å². The first-order chi connectivity index (χ1) is 5.27. The Kier molecular flexibility index (Phi) is 1.36. The smallest absolute Gasteiger partial charge is 0.167 e. The van der Waals surface area contributed by atoms with Crippen LogP contribution in [0.3, 0.4) is 0 Å². The SMILES string of the molecule is N=C1[N]C=Nc2[nH]c(=S)sc21. The fourth-order valence-electron chi connectivity index (χ4n) is 0.774. The molecule has 0 bridgehead atoms. The van der Waals surface area contributed by atoms with Crippen LogP contribution in [0, 0.1) is 9.36 Å². The Labute approximate surface area is 71.5 Å². The highest BCUT2D eigenvalue weighted by Crippen LogP contribution is 2.24. The van der Waals surface area contributed by atoms with Gasteiger partial charge in [0.25, 0.3) is 0 Å². The third kappa shape index (κ3) is 0.997. The van der Waals surface area contributed by atoms with E-state index >= 15 is 0 Å². The van der Waals surface area contributed by atoms with Gasteiger partial charge in [-0.3, -0.25) is 5.41 Å². The molecule has 4 nitrogen and oxygen atoms in total. The van der Waals surface area contributed by atoms with Gasteiger partial charge in [-0.2, -0.15) is 0 Å². The lowest BCUT2D eigenvalue weighted by Gasteiger charge is -2.01. The maximum atomic E-state index is 7.37. The number of rotatable bonds is 0. The molecule has 1 aliphatic rings. The first kappa shape index (κ1) is 6.68. The molecule has 0 saturated heterocycles. The molecule has 1 aromatic heterocycles. The van der Waals surface area contributed by atoms with Gasteiger partial charge in [0.05, 0.1) is 0 Å². The van der Waals surface area contributed by atoms with Crippen LogP contribution in [0.1, 0.15) is 4.88 Å². The number of hydrogen-bond acceptors (Lipinski definition) is 4. The van der Waals surface area contributed by atoms with Gasteiger partial charge in [0.1, 0.15) is 11.2 Å². The molecular weight excluding hydrogens is 180 g/mol. The van der Waals surface area contributed by atoms with Gasteiger partial charge in [-0.1, -0.05) is 11.3 Å². The van der Waals surface area contributed by atoms with E-state index in [9.17, 15) is 0 Å². The van der Waals surface area contributed by atoms with E-state index < -0.39 is 0 Å². The molecule has 0 saturated carbocycles. The van der Waals surface area contributed by atoms with E-state index in [0.29, 0.717) is 9.77 Å². The number of nitrogens with one attached hydrogen (secondary N) is 2. The van der Waals surface area contributed by atoms with Gasteiger partial charge < -0.3 is 4.98 Å². The Morgan fingerprint density at radius 1 is 1.64 bits per heavy atom. The Balaban J connectivity index is 2.71. The summed E-state index contributed by atoms with van der Waals surface area (Å²) in [4.78, 5) is 7.50. The van der Waals surface area contributed by atoms with E-state index in [-0.39, 0.29) is 5.84 Å². The van der Waals surface area contributed by atoms with Crippen molar-refractivity contribution in [3.05, 3.63) is 8.83 Å². The normalized spacial score (nSPS) is 14.4. The molecule has 0 amide bonds. The zero-order valence-electron chi connectivity index (χ0n) is 5.29. The second kappa shape index (κ2) is 2.24. The minimum Gasteiger partial charge on any atom is -0.321 e. The Bertz CT molecular complexity index is 385. The molecule has 1 aromatic rings. The molecule has 2 heterocycles. The molecule has 0 spiro atoms. The summed E-state index contributed by atoms with van der Waals surface area (Å²) in [6, 6.07) is 0. The number of hydrogen-bond donors (Lipinski definition) is 2. The molecule has 0 aromatic carbocycles. The van der Waals surface area contributed by atoms with Crippen LogP contribution in [-0.2, 0) is 0 Å². The lowest BCUT2D eigenvalue weighted by Crippen LogP contribution is -2.15. The number of aliphatic imine (C=N–C) groups is 1. The van der Waals surface area contributed by atoms with Crippen molar-refractivity contribution in [2.24, 2.45) is 4.99 Å². The van der Waals surface area contributed by atoms with Crippen molar-refractivity contribution in [1.29, 1.82) is 5.41 Å². The number of amidine groups is 1. The molecule has 1 aliphatic heterocycles. The van der Waals surface area contributed by atoms with Gasteiger partial charge in [0.2, 0.25) is 0 Å². The van der Waals surface area contributed by atoms with E-state index in [2.05, 4.69) is 15.3 Å². The molecule has 0 aliphatic carbocycles. The van der Waals surface area contributed by atoms with Crippen molar-refractivity contribution in [3.63, 3.8) is 0 Å². The highest BCUT2D eigenvalue weighted by atomic mass is 32.1. The summed E-state index contributed by atoms with van der Waals surface area (Å²) in [6.45, 7) is 0. The van der Waals surface area contributed by atoms with Crippen molar-refractivity contribution >= 4 is 41.5 Å². The third-order valence-corrected chi connectivity index (χ3v) is 2.45. The van der Waals surface area contributed by atoms with E-state index in [1.54, 1.807) is 0 Å². The van der Waals surface area contributed by atoms with E-state index in [1.165, 1.54) is 17.7 Å². The van der Waals surface area contributed by atoms with Gasteiger partial charge in [-0.15, -0.1) is 0 Å². The first-order valence-corrected chi connectivity index (χ1v) is 4.05. The molecule has 55 valence electrons. The molecule has 11 heavy (non-hydrogen) atoms. The summed E-state index contributed by atoms with van der Waals surface area (Å²) < 4.78 is 0.633. The van der Waals surface area contributed by atoms with E-state index in [4.69, 9.17) is 17.6 Å². The summed E-state index contributed by atoms with van der Waals surface area (Å²) in [5, 5.41) is 11.1. The van der Waals surface area contributed by atoms with Crippen molar-refractivity contribution in [1.82, 2.24) is 10.3 Å². The van der Waals surface area contributed by atoms with Crippen molar-refractivity contribution in [3.8, 4) is 0 Å². The standard InChI is InChI=1S/C5H3N4S2/c6-3-2-4(8-1-7-3)9-5(10)11-2/h1,6H,(H,9,10). The number of fused-ring (bicyclic) bond motifs is 1. The molecule has 2 rings (SSSR count). The van der Waals surface area contributed by atoms with Crippen LogP contribution in [0.25, 0.3) is 0 Å². The zero-order valence-corrected chi connectivity index (χ0v) is 6.92. The monoisotopic (exact) mass is 183 g/mol. The number of H-pyrrole nitrogens is 1. The van der Waals surface area contributed by atoms with E-state index in [0.717, 1.165) is 4.88 Å². The number of nitrogens with zero attached hydrogens (tertiary/aromatic N) is 2. The summed E-state index contributed by atoms with van der Waals surface area (Å²) in [7, 11) is 0. The highest BCUT2D eigenvalue weighted by Gasteiger charge is 2.14. The molecular formula is C5H3N4S2. The topological polar surface area (TPSA) is 66.1 Å².